The molecule has 2 unspecified atom stereocenters. The van der Waals surface area contributed by atoms with Crippen LogP contribution in [0.1, 0.15) is 45.1 Å². The minimum Gasteiger partial charge on any atom is -0.372 e. The first kappa shape index (κ1) is 13.6. The highest BCUT2D eigenvalue weighted by Gasteiger charge is 2.60. The molecule has 2 atom stereocenters. The summed E-state index contributed by atoms with van der Waals surface area (Å²) in [5.74, 6) is 0.917. The molecular formula is C19H28N2. The molecule has 3 aliphatic rings. The highest BCUT2D eigenvalue weighted by molar-refractivity contribution is 5.50. The van der Waals surface area contributed by atoms with Gasteiger partial charge < -0.3 is 4.90 Å². The van der Waals surface area contributed by atoms with E-state index in [0.717, 1.165) is 5.92 Å². The van der Waals surface area contributed by atoms with Crippen LogP contribution < -0.4 is 4.90 Å². The minimum atomic E-state index is 0.505. The summed E-state index contributed by atoms with van der Waals surface area (Å²) in [6, 6.07) is 10.3. The lowest BCUT2D eigenvalue weighted by molar-refractivity contribution is 0.243. The van der Waals surface area contributed by atoms with Crippen molar-refractivity contribution in [2.75, 3.05) is 31.1 Å². The second kappa shape index (κ2) is 5.01. The predicted molar refractivity (Wildman–Crippen MR) is 89.0 cm³/mol. The fourth-order valence-electron chi connectivity index (χ4n) is 4.52. The maximum Gasteiger partial charge on any atom is 0.0366 e. The van der Waals surface area contributed by atoms with E-state index in [1.54, 1.807) is 5.56 Å². The fourth-order valence-corrected chi connectivity index (χ4v) is 4.52. The monoisotopic (exact) mass is 284 g/mol. The summed E-state index contributed by atoms with van der Waals surface area (Å²) in [7, 11) is 0. The number of hydrogen-bond acceptors (Lipinski definition) is 2. The molecule has 3 fully saturated rings. The first-order valence-corrected chi connectivity index (χ1v) is 8.79. The Hall–Kier alpha value is -1.02. The molecule has 2 nitrogen and oxygen atoms in total. The van der Waals surface area contributed by atoms with Crippen LogP contribution >= 0.6 is 0 Å². The van der Waals surface area contributed by atoms with E-state index >= 15 is 0 Å². The summed E-state index contributed by atoms with van der Waals surface area (Å²) >= 11 is 0. The molecule has 1 aromatic carbocycles. The summed E-state index contributed by atoms with van der Waals surface area (Å²) in [5.41, 5.74) is 3.53. The second-order valence-electron chi connectivity index (χ2n) is 7.67. The van der Waals surface area contributed by atoms with Gasteiger partial charge >= 0.3 is 0 Å². The van der Waals surface area contributed by atoms with Gasteiger partial charge in [-0.25, -0.2) is 0 Å². The third kappa shape index (κ3) is 2.28. The van der Waals surface area contributed by atoms with E-state index in [4.69, 9.17) is 0 Å². The Balaban J connectivity index is 1.50. The molecular weight excluding hydrogens is 256 g/mol. The molecule has 1 aliphatic carbocycles. The summed E-state index contributed by atoms with van der Waals surface area (Å²) in [6.07, 6.45) is 5.54. The second-order valence-corrected chi connectivity index (χ2v) is 7.67. The summed E-state index contributed by atoms with van der Waals surface area (Å²) in [5, 5.41) is 0. The molecule has 0 bridgehead atoms. The van der Waals surface area contributed by atoms with E-state index < -0.39 is 0 Å². The Morgan fingerprint density at radius 3 is 2.38 bits per heavy atom. The van der Waals surface area contributed by atoms with Gasteiger partial charge in [-0.1, -0.05) is 12.1 Å². The first-order valence-electron chi connectivity index (χ1n) is 8.79. The number of rotatable bonds is 3. The Bertz CT molecular complexity index is 501. The maximum absolute atomic E-state index is 2.66. The van der Waals surface area contributed by atoms with Gasteiger partial charge in [0.05, 0.1) is 0 Å². The third-order valence-electron chi connectivity index (χ3n) is 6.07. The lowest BCUT2D eigenvalue weighted by atomic mass is 9.94. The van der Waals surface area contributed by atoms with Crippen LogP contribution in [-0.4, -0.2) is 37.1 Å². The van der Waals surface area contributed by atoms with Gasteiger partial charge in [0.2, 0.25) is 0 Å². The number of hydrogen-bond donors (Lipinski definition) is 0. The number of nitrogens with zero attached hydrogens (tertiary/aromatic N) is 2. The van der Waals surface area contributed by atoms with Crippen molar-refractivity contribution >= 4 is 5.69 Å². The minimum absolute atomic E-state index is 0.505. The van der Waals surface area contributed by atoms with Gasteiger partial charge in [0.15, 0.2) is 0 Å². The Morgan fingerprint density at radius 2 is 1.76 bits per heavy atom. The average Bonchev–Trinajstić information content (AvgIpc) is 3.10. The van der Waals surface area contributed by atoms with Crippen molar-refractivity contribution in [2.24, 2.45) is 5.92 Å². The molecule has 2 aliphatic heterocycles. The van der Waals surface area contributed by atoms with Crippen molar-refractivity contribution < 1.29 is 0 Å². The number of benzene rings is 1. The molecule has 2 saturated heterocycles. The van der Waals surface area contributed by atoms with Crippen LogP contribution in [0.15, 0.2) is 24.3 Å². The molecule has 1 saturated carbocycles. The zero-order valence-corrected chi connectivity index (χ0v) is 13.5. The molecule has 4 rings (SSSR count). The van der Waals surface area contributed by atoms with E-state index in [2.05, 4.69) is 47.9 Å². The molecule has 0 radical (unpaired) electrons. The van der Waals surface area contributed by atoms with Gasteiger partial charge in [-0.15, -0.1) is 0 Å². The number of fused-ring (bicyclic) bond motifs is 1. The average molecular weight is 284 g/mol. The maximum atomic E-state index is 2.66. The van der Waals surface area contributed by atoms with Gasteiger partial charge in [0.1, 0.15) is 0 Å². The molecule has 1 aromatic rings. The molecule has 114 valence electrons. The van der Waals surface area contributed by atoms with Gasteiger partial charge in [0.25, 0.3) is 0 Å². The highest BCUT2D eigenvalue weighted by Crippen LogP contribution is 2.59. The summed E-state index contributed by atoms with van der Waals surface area (Å²) in [6.45, 7) is 9.74. The molecule has 2 heterocycles. The SMILES string of the molecule is CC(C)N1CC2CC2(c2ccc(N3CCCCC3)cc2)C1. The van der Waals surface area contributed by atoms with Gasteiger partial charge in [0, 0.05) is 43.3 Å². The Kier molecular flexibility index (Phi) is 3.25. The Morgan fingerprint density at radius 1 is 1.05 bits per heavy atom. The highest BCUT2D eigenvalue weighted by atomic mass is 15.2. The molecule has 21 heavy (non-hydrogen) atoms. The van der Waals surface area contributed by atoms with Gasteiger partial charge in [-0.2, -0.15) is 0 Å². The van der Waals surface area contributed by atoms with E-state index in [1.165, 1.54) is 57.5 Å². The molecule has 0 N–H and O–H groups in total. The largest absolute Gasteiger partial charge is 0.372 e. The molecule has 0 aromatic heterocycles. The lowest BCUT2D eigenvalue weighted by Crippen LogP contribution is -2.32. The number of piperidine rings is 2. The summed E-state index contributed by atoms with van der Waals surface area (Å²) < 4.78 is 0. The van der Waals surface area contributed by atoms with Gasteiger partial charge in [-0.3, -0.25) is 4.90 Å². The van der Waals surface area contributed by atoms with Crippen LogP contribution in [0.5, 0.6) is 0 Å². The van der Waals surface area contributed by atoms with E-state index in [1.807, 2.05) is 0 Å². The van der Waals surface area contributed by atoms with Crippen LogP contribution in [0, 0.1) is 5.92 Å². The van der Waals surface area contributed by atoms with Gasteiger partial charge in [-0.05, 0) is 63.1 Å². The number of likely N-dealkylation sites (tertiary alicyclic amines) is 1. The normalized spacial score (nSPS) is 32.5. The predicted octanol–water partition coefficient (Wildman–Crippen LogP) is 3.66. The van der Waals surface area contributed by atoms with Crippen molar-refractivity contribution in [3.63, 3.8) is 0 Å². The quantitative estimate of drug-likeness (QED) is 0.836. The first-order chi connectivity index (χ1) is 10.2. The molecule has 2 heteroatoms. The zero-order valence-electron chi connectivity index (χ0n) is 13.5. The third-order valence-corrected chi connectivity index (χ3v) is 6.07. The van der Waals surface area contributed by atoms with Crippen molar-refractivity contribution in [1.82, 2.24) is 4.90 Å². The van der Waals surface area contributed by atoms with Crippen LogP contribution in [-0.2, 0) is 5.41 Å². The van der Waals surface area contributed by atoms with Crippen molar-refractivity contribution in [3.05, 3.63) is 29.8 Å². The number of anilines is 1. The van der Waals surface area contributed by atoms with Crippen LogP contribution in [0.25, 0.3) is 0 Å². The van der Waals surface area contributed by atoms with Crippen molar-refractivity contribution in [3.8, 4) is 0 Å². The van der Waals surface area contributed by atoms with Crippen LogP contribution in [0.3, 0.4) is 0 Å². The van der Waals surface area contributed by atoms with E-state index in [-0.39, 0.29) is 0 Å². The topological polar surface area (TPSA) is 6.48 Å². The van der Waals surface area contributed by atoms with E-state index in [0.29, 0.717) is 11.5 Å². The van der Waals surface area contributed by atoms with Crippen LogP contribution in [0.4, 0.5) is 5.69 Å². The van der Waals surface area contributed by atoms with Crippen LogP contribution in [0.2, 0.25) is 0 Å². The summed E-state index contributed by atoms with van der Waals surface area (Å²) in [4.78, 5) is 5.22. The standard InChI is InChI=1S/C19H28N2/c1-15(2)21-13-17-12-19(17,14-21)16-6-8-18(9-7-16)20-10-4-3-5-11-20/h6-9,15,17H,3-5,10-14H2,1-2H3. The fraction of sp³-hybridized carbons (Fsp3) is 0.684. The molecule has 0 amide bonds. The Labute approximate surface area is 129 Å². The molecule has 0 spiro atoms. The smallest absolute Gasteiger partial charge is 0.0366 e. The van der Waals surface area contributed by atoms with E-state index in [9.17, 15) is 0 Å². The lowest BCUT2D eigenvalue weighted by Gasteiger charge is -2.29. The zero-order chi connectivity index (χ0) is 14.4. The van der Waals surface area contributed by atoms with Crippen molar-refractivity contribution in [2.45, 2.75) is 51.0 Å². The van der Waals surface area contributed by atoms with Crippen molar-refractivity contribution in [1.29, 1.82) is 0 Å².